The summed E-state index contributed by atoms with van der Waals surface area (Å²) in [5.74, 6) is 1.81. The van der Waals surface area contributed by atoms with Gasteiger partial charge in [-0.3, -0.25) is 0 Å². The smallest absolute Gasteiger partial charge is 0.321 e. The number of benzene rings is 1. The summed E-state index contributed by atoms with van der Waals surface area (Å²) in [7, 11) is 1.61. The van der Waals surface area contributed by atoms with E-state index in [0.717, 1.165) is 18.8 Å². The molecule has 1 heterocycles. The Bertz CT molecular complexity index is 438. The number of nitrogens with one attached hydrogen (secondary N) is 1. The van der Waals surface area contributed by atoms with Crippen LogP contribution in [0.3, 0.4) is 0 Å². The molecule has 2 amide bonds. The van der Waals surface area contributed by atoms with Crippen molar-refractivity contribution in [3.63, 3.8) is 0 Å². The van der Waals surface area contributed by atoms with Gasteiger partial charge < -0.3 is 15.0 Å². The number of likely N-dealkylation sites (tertiary alicyclic amines) is 1. The van der Waals surface area contributed by atoms with Gasteiger partial charge in [0, 0.05) is 13.1 Å². The minimum Gasteiger partial charge on any atom is -0.495 e. The van der Waals surface area contributed by atoms with Crippen molar-refractivity contribution in [2.75, 3.05) is 25.5 Å². The Balaban J connectivity index is 2.04. The molecule has 4 nitrogen and oxygen atoms in total. The summed E-state index contributed by atoms with van der Waals surface area (Å²) in [6, 6.07) is 7.44. The van der Waals surface area contributed by atoms with Crippen LogP contribution in [-0.2, 0) is 0 Å². The van der Waals surface area contributed by atoms with Crippen LogP contribution >= 0.6 is 0 Å². The molecule has 1 aliphatic heterocycles. The van der Waals surface area contributed by atoms with Crippen molar-refractivity contribution in [1.29, 1.82) is 0 Å². The summed E-state index contributed by atoms with van der Waals surface area (Å²) < 4.78 is 5.24. The highest BCUT2D eigenvalue weighted by atomic mass is 16.5. The Morgan fingerprint density at radius 3 is 2.53 bits per heavy atom. The Hall–Kier alpha value is -1.71. The molecule has 0 aromatic heterocycles. The summed E-state index contributed by atoms with van der Waals surface area (Å²) in [6.45, 7) is 6.04. The van der Waals surface area contributed by atoms with Gasteiger partial charge in [-0.2, -0.15) is 0 Å². The number of carbonyl (C=O) groups excluding carboxylic acids is 1. The summed E-state index contributed by atoms with van der Waals surface area (Å²) in [4.78, 5) is 14.2. The minimum absolute atomic E-state index is 0.0390. The number of nitrogens with zero attached hydrogens (tertiary/aromatic N) is 1. The molecule has 1 aromatic carbocycles. The average molecular weight is 262 g/mol. The monoisotopic (exact) mass is 262 g/mol. The molecule has 1 fully saturated rings. The first-order valence-corrected chi connectivity index (χ1v) is 6.79. The largest absolute Gasteiger partial charge is 0.495 e. The van der Waals surface area contributed by atoms with E-state index in [4.69, 9.17) is 4.74 Å². The summed E-state index contributed by atoms with van der Waals surface area (Å²) in [5, 5.41) is 2.93. The van der Waals surface area contributed by atoms with E-state index in [1.54, 1.807) is 7.11 Å². The van der Waals surface area contributed by atoms with Crippen molar-refractivity contribution >= 4 is 11.7 Å². The van der Waals surface area contributed by atoms with Gasteiger partial charge >= 0.3 is 6.03 Å². The van der Waals surface area contributed by atoms with Gasteiger partial charge in [0.1, 0.15) is 5.75 Å². The lowest BCUT2D eigenvalue weighted by molar-refractivity contribution is 0.156. The van der Waals surface area contributed by atoms with Crippen molar-refractivity contribution in [3.05, 3.63) is 24.3 Å². The molecular weight excluding hydrogens is 240 g/mol. The zero-order chi connectivity index (χ0) is 13.8. The van der Waals surface area contributed by atoms with E-state index in [1.165, 1.54) is 6.42 Å². The van der Waals surface area contributed by atoms with E-state index in [-0.39, 0.29) is 6.03 Å². The molecular formula is C15H22N2O2. The fourth-order valence-corrected chi connectivity index (χ4v) is 2.77. The first-order chi connectivity index (χ1) is 9.10. The molecule has 4 heteroatoms. The number of para-hydroxylation sites is 2. The van der Waals surface area contributed by atoms with Crippen LogP contribution in [-0.4, -0.2) is 31.1 Å². The van der Waals surface area contributed by atoms with Crippen LogP contribution in [0.2, 0.25) is 0 Å². The lowest BCUT2D eigenvalue weighted by atomic mass is 9.92. The summed E-state index contributed by atoms with van der Waals surface area (Å²) in [6.07, 6.45) is 1.19. The Labute approximate surface area is 114 Å². The van der Waals surface area contributed by atoms with Crippen molar-refractivity contribution in [1.82, 2.24) is 4.90 Å². The van der Waals surface area contributed by atoms with Crippen LogP contribution in [0.1, 0.15) is 20.3 Å². The molecule has 1 saturated heterocycles. The van der Waals surface area contributed by atoms with Gasteiger partial charge in [-0.15, -0.1) is 0 Å². The van der Waals surface area contributed by atoms with E-state index >= 15 is 0 Å². The van der Waals surface area contributed by atoms with E-state index < -0.39 is 0 Å². The minimum atomic E-state index is -0.0390. The normalized spacial score (nSPS) is 23.0. The second-order valence-corrected chi connectivity index (χ2v) is 5.48. The molecule has 0 unspecified atom stereocenters. The molecule has 104 valence electrons. The van der Waals surface area contributed by atoms with Gasteiger partial charge in [0.15, 0.2) is 0 Å². The highest BCUT2D eigenvalue weighted by Gasteiger charge is 2.25. The predicted molar refractivity (Wildman–Crippen MR) is 76.5 cm³/mol. The lowest BCUT2D eigenvalue weighted by Gasteiger charge is -2.35. The Morgan fingerprint density at radius 1 is 1.26 bits per heavy atom. The van der Waals surface area contributed by atoms with E-state index in [0.29, 0.717) is 17.6 Å². The van der Waals surface area contributed by atoms with Gasteiger partial charge in [0.05, 0.1) is 12.8 Å². The number of carbonyl (C=O) groups is 1. The maximum atomic E-state index is 12.3. The first-order valence-electron chi connectivity index (χ1n) is 6.79. The van der Waals surface area contributed by atoms with Crippen molar-refractivity contribution in [3.8, 4) is 5.75 Å². The molecule has 1 aliphatic rings. The standard InChI is InChI=1S/C15H22N2O2/c1-11-8-12(2)10-17(9-11)15(18)16-13-6-4-5-7-14(13)19-3/h4-7,11-12H,8-10H2,1-3H3,(H,16,18)/t11-,12-/m1/s1. The van der Waals surface area contributed by atoms with E-state index in [9.17, 15) is 4.79 Å². The highest BCUT2D eigenvalue weighted by Crippen LogP contribution is 2.25. The van der Waals surface area contributed by atoms with Gasteiger partial charge in [-0.25, -0.2) is 4.79 Å². The maximum Gasteiger partial charge on any atom is 0.321 e. The molecule has 2 atom stereocenters. The first kappa shape index (κ1) is 13.7. The SMILES string of the molecule is COc1ccccc1NC(=O)N1C[C@H](C)C[C@@H](C)C1. The summed E-state index contributed by atoms with van der Waals surface area (Å²) in [5.41, 5.74) is 0.723. The third-order valence-electron chi connectivity index (χ3n) is 3.50. The molecule has 0 spiro atoms. The molecule has 0 radical (unpaired) electrons. The number of ether oxygens (including phenoxy) is 1. The van der Waals surface area contributed by atoms with Crippen molar-refractivity contribution in [2.24, 2.45) is 11.8 Å². The van der Waals surface area contributed by atoms with Gasteiger partial charge in [0.25, 0.3) is 0 Å². The highest BCUT2D eigenvalue weighted by molar-refractivity contribution is 5.91. The molecule has 0 aliphatic carbocycles. The predicted octanol–water partition coefficient (Wildman–Crippen LogP) is 3.21. The second kappa shape index (κ2) is 5.95. The zero-order valence-corrected chi connectivity index (χ0v) is 11.8. The van der Waals surface area contributed by atoms with Crippen molar-refractivity contribution in [2.45, 2.75) is 20.3 Å². The lowest BCUT2D eigenvalue weighted by Crippen LogP contribution is -2.44. The van der Waals surface area contributed by atoms with Crippen LogP contribution in [0.15, 0.2) is 24.3 Å². The maximum absolute atomic E-state index is 12.3. The molecule has 1 aromatic rings. The number of amides is 2. The van der Waals surface area contributed by atoms with Gasteiger partial charge in [-0.1, -0.05) is 26.0 Å². The number of anilines is 1. The van der Waals surface area contributed by atoms with Crippen LogP contribution in [0.25, 0.3) is 0 Å². The number of rotatable bonds is 2. The molecule has 1 N–H and O–H groups in total. The van der Waals surface area contributed by atoms with E-state index in [2.05, 4.69) is 19.2 Å². The number of methoxy groups -OCH3 is 1. The van der Waals surface area contributed by atoms with Crippen LogP contribution < -0.4 is 10.1 Å². The molecule has 0 saturated carbocycles. The number of piperidine rings is 1. The van der Waals surface area contributed by atoms with Gasteiger partial charge in [-0.05, 0) is 30.4 Å². The average Bonchev–Trinajstić information content (AvgIpc) is 2.38. The quantitative estimate of drug-likeness (QED) is 0.889. The third-order valence-corrected chi connectivity index (χ3v) is 3.50. The fraction of sp³-hybridized carbons (Fsp3) is 0.533. The van der Waals surface area contributed by atoms with E-state index in [1.807, 2.05) is 29.2 Å². The topological polar surface area (TPSA) is 41.6 Å². The van der Waals surface area contributed by atoms with Crippen molar-refractivity contribution < 1.29 is 9.53 Å². The Morgan fingerprint density at radius 2 is 1.89 bits per heavy atom. The van der Waals surface area contributed by atoms with Crippen LogP contribution in [0, 0.1) is 11.8 Å². The summed E-state index contributed by atoms with van der Waals surface area (Å²) >= 11 is 0. The molecule has 19 heavy (non-hydrogen) atoms. The number of hydrogen-bond acceptors (Lipinski definition) is 2. The third kappa shape index (κ3) is 3.40. The molecule has 0 bridgehead atoms. The second-order valence-electron chi connectivity index (χ2n) is 5.48. The van der Waals surface area contributed by atoms with Gasteiger partial charge in [0.2, 0.25) is 0 Å². The number of urea groups is 1. The fourth-order valence-electron chi connectivity index (χ4n) is 2.77. The Kier molecular flexibility index (Phi) is 4.30. The zero-order valence-electron chi connectivity index (χ0n) is 11.8. The number of hydrogen-bond donors (Lipinski definition) is 1. The molecule has 2 rings (SSSR count). The van der Waals surface area contributed by atoms with Crippen LogP contribution in [0.5, 0.6) is 5.75 Å². The van der Waals surface area contributed by atoms with Crippen LogP contribution in [0.4, 0.5) is 10.5 Å².